The first-order chi connectivity index (χ1) is 24.1. The van der Waals surface area contributed by atoms with Crippen LogP contribution in [0.15, 0.2) is 109 Å². The molecule has 0 radical (unpaired) electrons. The predicted octanol–water partition coefficient (Wildman–Crippen LogP) is 9.56. The van der Waals surface area contributed by atoms with E-state index in [1.54, 1.807) is 36.4 Å². The maximum absolute atomic E-state index is 12.0. The van der Waals surface area contributed by atoms with E-state index in [1.165, 1.54) is 40.3 Å². The van der Waals surface area contributed by atoms with Gasteiger partial charge >= 0.3 is 0 Å². The molecular weight excluding hydrogens is 640 g/mol. The predicted molar refractivity (Wildman–Crippen MR) is 204 cm³/mol. The molecular formula is C43H46N2O6. The zero-order valence-electron chi connectivity index (χ0n) is 30.5. The summed E-state index contributed by atoms with van der Waals surface area (Å²) in [6.45, 7) is 12.0. The molecule has 264 valence electrons. The molecule has 0 aliphatic rings. The van der Waals surface area contributed by atoms with E-state index in [9.17, 15) is 19.2 Å². The molecule has 0 unspecified atom stereocenters. The fraction of sp³-hybridized carbons (Fsp3) is 0.209. The molecule has 0 fully saturated rings. The van der Waals surface area contributed by atoms with Gasteiger partial charge in [-0.2, -0.15) is 0 Å². The number of ether oxygens (including phenoxy) is 2. The molecule has 0 aliphatic heterocycles. The van der Waals surface area contributed by atoms with Crippen LogP contribution in [0.25, 0.3) is 0 Å². The molecule has 4 N–H and O–H groups in total. The third-order valence-electron chi connectivity index (χ3n) is 8.16. The van der Waals surface area contributed by atoms with Gasteiger partial charge in [-0.05, 0) is 131 Å². The summed E-state index contributed by atoms with van der Waals surface area (Å²) in [6.07, 6.45) is 0. The fourth-order valence-corrected chi connectivity index (χ4v) is 5.36. The molecule has 0 heterocycles. The molecule has 0 spiro atoms. The van der Waals surface area contributed by atoms with Gasteiger partial charge in [0, 0.05) is 33.4 Å². The normalized spacial score (nSPS) is 10.5. The highest BCUT2D eigenvalue weighted by Crippen LogP contribution is 2.35. The Balaban J connectivity index is 0.000000610. The minimum Gasteiger partial charge on any atom is -0.457 e. The van der Waals surface area contributed by atoms with E-state index < -0.39 is 0 Å². The van der Waals surface area contributed by atoms with Crippen molar-refractivity contribution in [3.05, 3.63) is 148 Å². The number of hydrogen-bond donors (Lipinski definition) is 2. The first kappa shape index (κ1) is 39.6. The number of Topliss-reactive ketones (excluding diaryl/α,β-unsaturated/α-hetero) is 4. The highest BCUT2D eigenvalue weighted by atomic mass is 16.5. The molecule has 0 aliphatic carbocycles. The van der Waals surface area contributed by atoms with Gasteiger partial charge in [-0.15, -0.1) is 0 Å². The third kappa shape index (κ3) is 10.6. The molecule has 8 nitrogen and oxygen atoms in total. The molecule has 5 rings (SSSR count). The summed E-state index contributed by atoms with van der Waals surface area (Å²) in [6, 6.07) is 33.1. The number of anilines is 1. The maximum Gasteiger partial charge on any atom is 0.160 e. The first-order valence-corrected chi connectivity index (χ1v) is 16.4. The van der Waals surface area contributed by atoms with Crippen molar-refractivity contribution in [2.24, 2.45) is 5.73 Å². The average Bonchev–Trinajstić information content (AvgIpc) is 3.09. The average molecular weight is 687 g/mol. The molecule has 8 heteroatoms. The van der Waals surface area contributed by atoms with E-state index in [0.717, 1.165) is 16.8 Å². The lowest BCUT2D eigenvalue weighted by Crippen LogP contribution is -2.18. The summed E-state index contributed by atoms with van der Waals surface area (Å²) in [4.78, 5) is 47.7. The topological polar surface area (TPSA) is 139 Å². The molecule has 5 aromatic carbocycles. The van der Waals surface area contributed by atoms with Gasteiger partial charge in [0.2, 0.25) is 0 Å². The van der Waals surface area contributed by atoms with Crippen molar-refractivity contribution in [1.29, 1.82) is 0 Å². The zero-order valence-corrected chi connectivity index (χ0v) is 30.5. The monoisotopic (exact) mass is 686 g/mol. The molecule has 51 heavy (non-hydrogen) atoms. The summed E-state index contributed by atoms with van der Waals surface area (Å²) in [5.74, 6) is 1.46. The minimum absolute atomic E-state index is 0.168. The zero-order chi connectivity index (χ0) is 37.9. The number of aryl methyl sites for hydroxylation is 1. The summed E-state index contributed by atoms with van der Waals surface area (Å²) in [7, 11) is 1.50. The number of ketones is 4. The summed E-state index contributed by atoms with van der Waals surface area (Å²) < 4.78 is 11.9. The Bertz CT molecular complexity index is 1870. The van der Waals surface area contributed by atoms with E-state index >= 15 is 0 Å². The summed E-state index contributed by atoms with van der Waals surface area (Å²) in [5, 5.41) is 0. The van der Waals surface area contributed by atoms with Crippen molar-refractivity contribution in [2.75, 3.05) is 12.8 Å². The largest absolute Gasteiger partial charge is 0.457 e. The van der Waals surface area contributed by atoms with Crippen molar-refractivity contribution in [2.45, 2.75) is 53.9 Å². The van der Waals surface area contributed by atoms with E-state index in [1.807, 2.05) is 79.7 Å². The Morgan fingerprint density at radius 1 is 0.490 bits per heavy atom. The third-order valence-corrected chi connectivity index (χ3v) is 8.16. The van der Waals surface area contributed by atoms with Crippen LogP contribution in [0, 0.1) is 6.92 Å². The van der Waals surface area contributed by atoms with Crippen LogP contribution in [0.2, 0.25) is 0 Å². The molecule has 0 saturated carbocycles. The summed E-state index contributed by atoms with van der Waals surface area (Å²) in [5.41, 5.74) is 15.3. The molecule has 0 amide bonds. The van der Waals surface area contributed by atoms with Crippen molar-refractivity contribution in [3.8, 4) is 23.0 Å². The van der Waals surface area contributed by atoms with Crippen LogP contribution in [0.1, 0.15) is 99.7 Å². The van der Waals surface area contributed by atoms with Crippen LogP contribution >= 0.6 is 0 Å². The van der Waals surface area contributed by atoms with Crippen LogP contribution in [-0.4, -0.2) is 30.2 Å². The second-order valence-electron chi connectivity index (χ2n) is 12.4. The minimum atomic E-state index is -0.326. The van der Waals surface area contributed by atoms with E-state index in [-0.39, 0.29) is 28.5 Å². The van der Waals surface area contributed by atoms with Crippen molar-refractivity contribution in [1.82, 2.24) is 0 Å². The molecule has 0 bridgehead atoms. The van der Waals surface area contributed by atoms with Crippen LogP contribution in [0.3, 0.4) is 0 Å². The fourth-order valence-electron chi connectivity index (χ4n) is 5.36. The van der Waals surface area contributed by atoms with Crippen LogP contribution < -0.4 is 20.9 Å². The first-order valence-electron chi connectivity index (χ1n) is 16.4. The lowest BCUT2D eigenvalue weighted by atomic mass is 9.78. The number of rotatable bonds is 10. The quantitative estimate of drug-likeness (QED) is 0.109. The highest BCUT2D eigenvalue weighted by Gasteiger charge is 2.23. The van der Waals surface area contributed by atoms with Crippen LogP contribution in [0.4, 0.5) is 5.69 Å². The number of nitrogen functional groups attached to an aromatic ring is 1. The van der Waals surface area contributed by atoms with Gasteiger partial charge < -0.3 is 20.9 Å². The van der Waals surface area contributed by atoms with Gasteiger partial charge in [0.05, 0.1) is 0 Å². The Hall–Kier alpha value is -5.86. The van der Waals surface area contributed by atoms with Crippen molar-refractivity contribution >= 4 is 28.8 Å². The Morgan fingerprint density at radius 3 is 1.14 bits per heavy atom. The van der Waals surface area contributed by atoms with Crippen molar-refractivity contribution in [3.63, 3.8) is 0 Å². The van der Waals surface area contributed by atoms with E-state index in [2.05, 4.69) is 19.6 Å². The van der Waals surface area contributed by atoms with Crippen molar-refractivity contribution < 1.29 is 28.7 Å². The smallest absolute Gasteiger partial charge is 0.160 e. The molecule has 5 aromatic rings. The highest BCUT2D eigenvalue weighted by molar-refractivity contribution is 6.08. The van der Waals surface area contributed by atoms with Gasteiger partial charge in [0.15, 0.2) is 23.1 Å². The van der Waals surface area contributed by atoms with Gasteiger partial charge in [0.25, 0.3) is 0 Å². The Kier molecular flexibility index (Phi) is 13.7. The van der Waals surface area contributed by atoms with E-state index in [0.29, 0.717) is 45.3 Å². The number of nitrogens with two attached hydrogens (primary N) is 2. The second kappa shape index (κ2) is 17.7. The Morgan fingerprint density at radius 2 is 0.843 bits per heavy atom. The molecule has 0 saturated heterocycles. The SMILES string of the molecule is CC(=O)c1ccc(Oc2ccc(C(C)(C)c3ccc(Oc4ccc(C(C)=O)c(C(C)=O)c4)cc3)cc2)cc1C(C)=O.CN.Cc1cccc(N)c1. The molecule has 0 atom stereocenters. The number of benzene rings is 5. The molecule has 0 aromatic heterocycles. The van der Waals surface area contributed by atoms with Gasteiger partial charge in [-0.1, -0.05) is 50.2 Å². The lowest BCUT2D eigenvalue weighted by Gasteiger charge is -2.26. The maximum atomic E-state index is 12.0. The van der Waals surface area contributed by atoms with E-state index in [4.69, 9.17) is 15.2 Å². The van der Waals surface area contributed by atoms with Gasteiger partial charge in [-0.3, -0.25) is 19.2 Å². The van der Waals surface area contributed by atoms with Crippen LogP contribution in [-0.2, 0) is 5.41 Å². The van der Waals surface area contributed by atoms with Gasteiger partial charge in [0.1, 0.15) is 23.0 Å². The van der Waals surface area contributed by atoms with Crippen LogP contribution in [0.5, 0.6) is 23.0 Å². The van der Waals surface area contributed by atoms with Gasteiger partial charge in [-0.25, -0.2) is 0 Å². The number of hydrogen-bond acceptors (Lipinski definition) is 8. The lowest BCUT2D eigenvalue weighted by molar-refractivity contribution is 0.0980. The standard InChI is InChI=1S/C35H32O6.C7H9N.CH5N/c1-21(36)31-17-15-29(19-33(31)23(3)38)40-27-11-7-25(8-12-27)35(5,6)26-9-13-28(14-10-26)41-30-16-18-32(22(2)37)34(20-30)24(4)39;1-6-3-2-4-7(8)5-6;1-2/h7-20H,1-6H3;2-5H,8H2,1H3;2H2,1H3. The second-order valence-corrected chi connectivity index (χ2v) is 12.4. The number of carbonyl (C=O) groups is 4. The number of carbonyl (C=O) groups excluding carboxylic acids is 4. The Labute approximate surface area is 300 Å². The summed E-state index contributed by atoms with van der Waals surface area (Å²) >= 11 is 0.